The van der Waals surface area contributed by atoms with Crippen molar-refractivity contribution in [2.24, 2.45) is 11.1 Å². The molecule has 0 aliphatic rings. The molecule has 0 aromatic heterocycles. The van der Waals surface area contributed by atoms with Crippen LogP contribution in [0.3, 0.4) is 0 Å². The molecule has 0 bridgehead atoms. The van der Waals surface area contributed by atoms with Gasteiger partial charge in [0.1, 0.15) is 0 Å². The average molecular weight is 216 g/mol. The first-order chi connectivity index (χ1) is 6.66. The molecule has 0 radical (unpaired) electrons. The Morgan fingerprint density at radius 3 is 2.27 bits per heavy atom. The van der Waals surface area contributed by atoms with Crippen molar-refractivity contribution in [1.29, 1.82) is 0 Å². The lowest BCUT2D eigenvalue weighted by Crippen LogP contribution is -2.45. The van der Waals surface area contributed by atoms with E-state index in [0.717, 1.165) is 0 Å². The summed E-state index contributed by atoms with van der Waals surface area (Å²) < 4.78 is 0. The molecule has 0 rings (SSSR count). The van der Waals surface area contributed by atoms with Gasteiger partial charge in [0.2, 0.25) is 5.91 Å². The highest BCUT2D eigenvalue weighted by Gasteiger charge is 2.22. The van der Waals surface area contributed by atoms with Crippen molar-refractivity contribution in [2.75, 3.05) is 13.2 Å². The van der Waals surface area contributed by atoms with Gasteiger partial charge in [0, 0.05) is 25.1 Å². The van der Waals surface area contributed by atoms with Crippen LogP contribution in [0.15, 0.2) is 0 Å². The topological polar surface area (TPSA) is 75.3 Å². The fraction of sp³-hybridized carbons (Fsp3) is 0.909. The summed E-state index contributed by atoms with van der Waals surface area (Å²) in [6.07, 6.45) is 1.05. The molecule has 0 fully saturated rings. The fourth-order valence-corrected chi connectivity index (χ4v) is 1.21. The summed E-state index contributed by atoms with van der Waals surface area (Å²) >= 11 is 0. The van der Waals surface area contributed by atoms with Crippen LogP contribution in [-0.2, 0) is 4.79 Å². The zero-order valence-electron chi connectivity index (χ0n) is 10.3. The number of hydrogen-bond acceptors (Lipinski definition) is 3. The summed E-state index contributed by atoms with van der Waals surface area (Å²) in [5.41, 5.74) is 5.22. The van der Waals surface area contributed by atoms with E-state index in [4.69, 9.17) is 10.8 Å². The lowest BCUT2D eigenvalue weighted by Gasteiger charge is -2.24. The van der Waals surface area contributed by atoms with Gasteiger partial charge in [0.05, 0.1) is 0 Å². The molecule has 4 N–H and O–H groups in total. The monoisotopic (exact) mass is 216 g/mol. The number of amides is 1. The van der Waals surface area contributed by atoms with Crippen molar-refractivity contribution in [3.63, 3.8) is 0 Å². The number of nitrogens with two attached hydrogens (primary N) is 1. The van der Waals surface area contributed by atoms with Crippen molar-refractivity contribution >= 4 is 5.91 Å². The van der Waals surface area contributed by atoms with Crippen LogP contribution in [-0.4, -0.2) is 29.7 Å². The smallest absolute Gasteiger partial charge is 0.220 e. The van der Waals surface area contributed by atoms with E-state index in [1.54, 1.807) is 0 Å². The third-order valence-corrected chi connectivity index (χ3v) is 2.17. The first kappa shape index (κ1) is 14.4. The molecule has 0 aromatic carbocycles. The van der Waals surface area contributed by atoms with Gasteiger partial charge in [-0.05, 0) is 25.7 Å². The molecule has 0 saturated carbocycles. The van der Waals surface area contributed by atoms with E-state index in [1.807, 2.05) is 27.7 Å². The molecule has 0 spiro atoms. The molecular weight excluding hydrogens is 192 g/mol. The minimum absolute atomic E-state index is 0.00743. The van der Waals surface area contributed by atoms with Crippen LogP contribution in [0.25, 0.3) is 0 Å². The molecule has 0 atom stereocenters. The summed E-state index contributed by atoms with van der Waals surface area (Å²) in [4.78, 5) is 11.5. The van der Waals surface area contributed by atoms with Gasteiger partial charge in [-0.2, -0.15) is 0 Å². The molecule has 0 heterocycles. The molecule has 0 aliphatic carbocycles. The van der Waals surface area contributed by atoms with E-state index < -0.39 is 0 Å². The molecule has 1 amide bonds. The Kier molecular flexibility index (Phi) is 5.24. The van der Waals surface area contributed by atoms with Crippen LogP contribution in [0.1, 0.15) is 40.5 Å². The van der Waals surface area contributed by atoms with Gasteiger partial charge in [-0.15, -0.1) is 0 Å². The van der Waals surface area contributed by atoms with Crippen molar-refractivity contribution < 1.29 is 9.90 Å². The van der Waals surface area contributed by atoms with Gasteiger partial charge < -0.3 is 16.2 Å². The minimum atomic E-state index is -0.378. The average Bonchev–Trinajstić information content (AvgIpc) is 1.98. The number of aliphatic hydroxyl groups is 1. The highest BCUT2D eigenvalue weighted by molar-refractivity contribution is 5.76. The Morgan fingerprint density at radius 2 is 1.87 bits per heavy atom. The number of carbonyl (C=O) groups excluding carboxylic acids is 1. The molecule has 0 unspecified atom stereocenters. The second kappa shape index (κ2) is 5.47. The van der Waals surface area contributed by atoms with E-state index >= 15 is 0 Å². The van der Waals surface area contributed by atoms with E-state index in [2.05, 4.69) is 5.32 Å². The van der Waals surface area contributed by atoms with Gasteiger partial charge in [0.25, 0.3) is 0 Å². The first-order valence-electron chi connectivity index (χ1n) is 5.33. The maximum atomic E-state index is 11.5. The van der Waals surface area contributed by atoms with Crippen LogP contribution < -0.4 is 11.1 Å². The summed E-state index contributed by atoms with van der Waals surface area (Å²) in [5, 5.41) is 11.6. The zero-order chi connectivity index (χ0) is 12.1. The van der Waals surface area contributed by atoms with Crippen LogP contribution in [0, 0.1) is 5.41 Å². The number of nitrogens with one attached hydrogen (secondary N) is 1. The van der Waals surface area contributed by atoms with Crippen LogP contribution in [0.5, 0.6) is 0 Å². The summed E-state index contributed by atoms with van der Waals surface area (Å²) in [5.74, 6) is -0.00743. The third kappa shape index (κ3) is 8.39. The van der Waals surface area contributed by atoms with Crippen LogP contribution in [0.4, 0.5) is 0 Å². The van der Waals surface area contributed by atoms with Crippen LogP contribution in [0.2, 0.25) is 0 Å². The fourth-order valence-electron chi connectivity index (χ4n) is 1.21. The molecular formula is C11H24N2O2. The second-order valence-electron chi connectivity index (χ2n) is 5.58. The molecule has 0 aromatic rings. The normalized spacial score (nSPS) is 12.7. The largest absolute Gasteiger partial charge is 0.396 e. The predicted molar refractivity (Wildman–Crippen MR) is 61.4 cm³/mol. The Hall–Kier alpha value is -0.610. The molecule has 15 heavy (non-hydrogen) atoms. The van der Waals surface area contributed by atoms with E-state index in [9.17, 15) is 4.79 Å². The lowest BCUT2D eigenvalue weighted by atomic mass is 9.85. The van der Waals surface area contributed by atoms with Crippen molar-refractivity contribution in [3.8, 4) is 0 Å². The van der Waals surface area contributed by atoms with Gasteiger partial charge in [-0.25, -0.2) is 0 Å². The molecule has 4 nitrogen and oxygen atoms in total. The van der Waals surface area contributed by atoms with Crippen molar-refractivity contribution in [1.82, 2.24) is 5.32 Å². The Labute approximate surface area is 92.2 Å². The highest BCUT2D eigenvalue weighted by Crippen LogP contribution is 2.24. The maximum Gasteiger partial charge on any atom is 0.220 e. The summed E-state index contributed by atoms with van der Waals surface area (Å²) in [6.45, 7) is 8.26. The van der Waals surface area contributed by atoms with Crippen LogP contribution >= 0.6 is 0 Å². The van der Waals surface area contributed by atoms with E-state index in [0.29, 0.717) is 19.4 Å². The third-order valence-electron chi connectivity index (χ3n) is 2.17. The standard InChI is InChI=1S/C11H24N2O2/c1-10(2,5-6-14)7-9(15)13-8-11(3,4)12/h14H,5-8,12H2,1-4H3,(H,13,15). The van der Waals surface area contributed by atoms with Gasteiger partial charge in [-0.3, -0.25) is 4.79 Å². The number of aliphatic hydroxyl groups excluding tert-OH is 1. The number of rotatable bonds is 6. The Morgan fingerprint density at radius 1 is 1.33 bits per heavy atom. The first-order valence-corrected chi connectivity index (χ1v) is 5.33. The van der Waals surface area contributed by atoms with E-state index in [1.165, 1.54) is 0 Å². The maximum absolute atomic E-state index is 11.5. The molecule has 4 heteroatoms. The van der Waals surface area contributed by atoms with Crippen molar-refractivity contribution in [3.05, 3.63) is 0 Å². The quantitative estimate of drug-likeness (QED) is 0.610. The predicted octanol–water partition coefficient (Wildman–Crippen LogP) is 0.639. The minimum Gasteiger partial charge on any atom is -0.396 e. The Balaban J connectivity index is 3.93. The highest BCUT2D eigenvalue weighted by atomic mass is 16.3. The van der Waals surface area contributed by atoms with Crippen molar-refractivity contribution in [2.45, 2.75) is 46.1 Å². The van der Waals surface area contributed by atoms with E-state index in [-0.39, 0.29) is 23.5 Å². The number of carbonyl (C=O) groups is 1. The van der Waals surface area contributed by atoms with Gasteiger partial charge in [-0.1, -0.05) is 13.8 Å². The Bertz CT molecular complexity index is 207. The molecule has 90 valence electrons. The van der Waals surface area contributed by atoms with Gasteiger partial charge in [0.15, 0.2) is 0 Å². The SMILES string of the molecule is CC(C)(N)CNC(=O)CC(C)(C)CCO. The molecule has 0 saturated heterocycles. The number of hydrogen-bond donors (Lipinski definition) is 3. The molecule has 0 aliphatic heterocycles. The second-order valence-corrected chi connectivity index (χ2v) is 5.58. The van der Waals surface area contributed by atoms with Gasteiger partial charge >= 0.3 is 0 Å². The summed E-state index contributed by atoms with van der Waals surface area (Å²) in [6, 6.07) is 0. The summed E-state index contributed by atoms with van der Waals surface area (Å²) in [7, 11) is 0. The lowest BCUT2D eigenvalue weighted by molar-refractivity contribution is -0.123. The zero-order valence-corrected chi connectivity index (χ0v) is 10.3.